The van der Waals surface area contributed by atoms with Crippen molar-refractivity contribution in [3.05, 3.63) is 35.1 Å². The average Bonchev–Trinajstić information content (AvgIpc) is 2.01. The van der Waals surface area contributed by atoms with Crippen LogP contribution in [0.2, 0.25) is 0 Å². The van der Waals surface area contributed by atoms with E-state index in [0.717, 1.165) is 5.56 Å². The van der Waals surface area contributed by atoms with Crippen LogP contribution in [-0.4, -0.2) is 5.54 Å². The predicted molar refractivity (Wildman–Crippen MR) is 56.3 cm³/mol. The van der Waals surface area contributed by atoms with Crippen molar-refractivity contribution in [3.63, 3.8) is 0 Å². The Labute approximate surface area is 84.1 Å². The first-order chi connectivity index (χ1) is 6.42. The molecule has 0 heterocycles. The van der Waals surface area contributed by atoms with E-state index in [9.17, 15) is 4.39 Å². The molecular weight excluding hydrogens is 179 g/mol. The van der Waals surface area contributed by atoms with Gasteiger partial charge in [-0.25, -0.2) is 4.39 Å². The number of hydrogen-bond donors (Lipinski definition) is 2. The van der Waals surface area contributed by atoms with Crippen LogP contribution in [0.1, 0.15) is 25.0 Å². The number of nitrogens with two attached hydrogens (primary N) is 2. The number of hydrogen-bond acceptors (Lipinski definition) is 2. The van der Waals surface area contributed by atoms with Crippen LogP contribution in [0.15, 0.2) is 18.2 Å². The van der Waals surface area contributed by atoms with Crippen LogP contribution >= 0.6 is 0 Å². The van der Waals surface area contributed by atoms with E-state index in [4.69, 9.17) is 11.5 Å². The zero-order valence-corrected chi connectivity index (χ0v) is 8.68. The van der Waals surface area contributed by atoms with E-state index in [1.807, 2.05) is 19.9 Å². The predicted octanol–water partition coefficient (Wildman–Crippen LogP) is 1.56. The van der Waals surface area contributed by atoms with Gasteiger partial charge in [0.2, 0.25) is 0 Å². The van der Waals surface area contributed by atoms with Crippen LogP contribution in [0, 0.1) is 5.82 Å². The van der Waals surface area contributed by atoms with Crippen molar-refractivity contribution < 1.29 is 4.39 Å². The Balaban J connectivity index is 2.87. The van der Waals surface area contributed by atoms with Gasteiger partial charge in [0.25, 0.3) is 0 Å². The summed E-state index contributed by atoms with van der Waals surface area (Å²) in [5.74, 6) is -0.241. The van der Waals surface area contributed by atoms with E-state index in [2.05, 4.69) is 0 Å². The molecule has 3 heteroatoms. The molecule has 0 saturated carbocycles. The van der Waals surface area contributed by atoms with Gasteiger partial charge >= 0.3 is 0 Å². The first-order valence-electron chi connectivity index (χ1n) is 4.68. The molecule has 1 rings (SSSR count). The Morgan fingerprint density at radius 1 is 1.36 bits per heavy atom. The normalized spacial score (nSPS) is 11.8. The Hall–Kier alpha value is -0.930. The van der Waals surface area contributed by atoms with Gasteiger partial charge in [-0.1, -0.05) is 12.1 Å². The Kier molecular flexibility index (Phi) is 3.24. The molecule has 0 aliphatic carbocycles. The van der Waals surface area contributed by atoms with E-state index in [0.29, 0.717) is 12.0 Å². The molecule has 0 amide bonds. The Bertz CT molecular complexity index is 316. The molecule has 4 N–H and O–H groups in total. The highest BCUT2D eigenvalue weighted by molar-refractivity contribution is 5.25. The third-order valence-electron chi connectivity index (χ3n) is 2.00. The van der Waals surface area contributed by atoms with Crippen molar-refractivity contribution in [2.45, 2.75) is 32.4 Å². The molecular formula is C11H17FN2. The molecule has 0 radical (unpaired) electrons. The summed E-state index contributed by atoms with van der Waals surface area (Å²) in [4.78, 5) is 0. The zero-order chi connectivity index (χ0) is 10.8. The van der Waals surface area contributed by atoms with Crippen LogP contribution in [0.4, 0.5) is 4.39 Å². The molecule has 0 fully saturated rings. The molecule has 0 aliphatic heterocycles. The molecule has 2 nitrogen and oxygen atoms in total. The second-order valence-electron chi connectivity index (χ2n) is 4.30. The molecule has 0 aromatic heterocycles. The first kappa shape index (κ1) is 11.1. The molecule has 0 saturated heterocycles. The van der Waals surface area contributed by atoms with Gasteiger partial charge in [-0.05, 0) is 31.9 Å². The summed E-state index contributed by atoms with van der Waals surface area (Å²) in [7, 11) is 0. The minimum absolute atomic E-state index is 0.234. The van der Waals surface area contributed by atoms with Gasteiger partial charge in [0.1, 0.15) is 5.82 Å². The molecule has 0 atom stereocenters. The number of halogens is 1. The summed E-state index contributed by atoms with van der Waals surface area (Å²) in [6, 6.07) is 5.10. The fourth-order valence-electron chi connectivity index (χ4n) is 1.39. The smallest absolute Gasteiger partial charge is 0.127 e. The molecule has 78 valence electrons. The van der Waals surface area contributed by atoms with E-state index in [-0.39, 0.29) is 17.9 Å². The van der Waals surface area contributed by atoms with Crippen LogP contribution in [0.3, 0.4) is 0 Å². The van der Waals surface area contributed by atoms with E-state index in [1.54, 1.807) is 6.07 Å². The van der Waals surface area contributed by atoms with Crippen molar-refractivity contribution in [3.8, 4) is 0 Å². The Morgan fingerprint density at radius 2 is 2.00 bits per heavy atom. The van der Waals surface area contributed by atoms with Crippen molar-refractivity contribution >= 4 is 0 Å². The lowest BCUT2D eigenvalue weighted by Gasteiger charge is -2.18. The molecule has 1 aromatic carbocycles. The van der Waals surface area contributed by atoms with Gasteiger partial charge in [0.05, 0.1) is 0 Å². The highest BCUT2D eigenvalue weighted by Gasteiger charge is 2.12. The van der Waals surface area contributed by atoms with Gasteiger partial charge in [-0.15, -0.1) is 0 Å². The first-order valence-corrected chi connectivity index (χ1v) is 4.68. The second kappa shape index (κ2) is 4.07. The van der Waals surface area contributed by atoms with Crippen LogP contribution in [0.25, 0.3) is 0 Å². The third kappa shape index (κ3) is 3.09. The third-order valence-corrected chi connectivity index (χ3v) is 2.00. The lowest BCUT2D eigenvalue weighted by atomic mass is 9.95. The topological polar surface area (TPSA) is 52.0 Å². The minimum Gasteiger partial charge on any atom is -0.326 e. The summed E-state index contributed by atoms with van der Waals surface area (Å²) >= 11 is 0. The van der Waals surface area contributed by atoms with Crippen LogP contribution in [0.5, 0.6) is 0 Å². The van der Waals surface area contributed by atoms with Gasteiger partial charge in [0.15, 0.2) is 0 Å². The molecule has 0 spiro atoms. The quantitative estimate of drug-likeness (QED) is 0.771. The molecule has 14 heavy (non-hydrogen) atoms. The molecule has 0 unspecified atom stereocenters. The highest BCUT2D eigenvalue weighted by Crippen LogP contribution is 2.14. The molecule has 0 bridgehead atoms. The fraction of sp³-hybridized carbons (Fsp3) is 0.455. The van der Waals surface area contributed by atoms with Crippen LogP contribution < -0.4 is 11.5 Å². The lowest BCUT2D eigenvalue weighted by Crippen LogP contribution is -2.34. The minimum atomic E-state index is -0.309. The monoisotopic (exact) mass is 196 g/mol. The lowest BCUT2D eigenvalue weighted by molar-refractivity contribution is 0.513. The van der Waals surface area contributed by atoms with Crippen molar-refractivity contribution in [2.75, 3.05) is 0 Å². The number of rotatable bonds is 3. The standard InChI is InChI=1S/C11H17FN2/c1-11(2,14)6-8-3-4-9(7-13)10(12)5-8/h3-5H,6-7,13-14H2,1-2H3. The van der Waals surface area contributed by atoms with Gasteiger partial charge in [-0.2, -0.15) is 0 Å². The largest absolute Gasteiger partial charge is 0.326 e. The zero-order valence-electron chi connectivity index (χ0n) is 8.68. The Morgan fingerprint density at radius 3 is 2.43 bits per heavy atom. The van der Waals surface area contributed by atoms with Crippen LogP contribution in [-0.2, 0) is 13.0 Å². The van der Waals surface area contributed by atoms with E-state index >= 15 is 0 Å². The molecule has 1 aromatic rings. The number of benzene rings is 1. The summed E-state index contributed by atoms with van der Waals surface area (Å²) < 4.78 is 13.3. The summed E-state index contributed by atoms with van der Waals surface area (Å²) in [5.41, 5.74) is 12.3. The van der Waals surface area contributed by atoms with Gasteiger partial charge in [-0.3, -0.25) is 0 Å². The maximum absolute atomic E-state index is 13.3. The summed E-state index contributed by atoms with van der Waals surface area (Å²) in [6.45, 7) is 4.07. The maximum Gasteiger partial charge on any atom is 0.127 e. The second-order valence-corrected chi connectivity index (χ2v) is 4.30. The van der Waals surface area contributed by atoms with Crippen molar-refractivity contribution in [1.29, 1.82) is 0 Å². The average molecular weight is 196 g/mol. The summed E-state index contributed by atoms with van der Waals surface area (Å²) in [6.07, 6.45) is 0.661. The van der Waals surface area contributed by atoms with E-state index in [1.165, 1.54) is 6.07 Å². The van der Waals surface area contributed by atoms with Crippen molar-refractivity contribution in [1.82, 2.24) is 0 Å². The summed E-state index contributed by atoms with van der Waals surface area (Å²) in [5, 5.41) is 0. The fourth-order valence-corrected chi connectivity index (χ4v) is 1.39. The van der Waals surface area contributed by atoms with Gasteiger partial charge in [0, 0.05) is 17.6 Å². The SMILES string of the molecule is CC(C)(N)Cc1ccc(CN)c(F)c1. The maximum atomic E-state index is 13.3. The molecule has 0 aliphatic rings. The van der Waals surface area contributed by atoms with E-state index < -0.39 is 0 Å². The van der Waals surface area contributed by atoms with Gasteiger partial charge < -0.3 is 11.5 Å². The highest BCUT2D eigenvalue weighted by atomic mass is 19.1. The van der Waals surface area contributed by atoms with Crippen molar-refractivity contribution in [2.24, 2.45) is 11.5 Å².